The fourth-order valence-corrected chi connectivity index (χ4v) is 3.24. The van der Waals surface area contributed by atoms with Gasteiger partial charge in [0.05, 0.1) is 13.2 Å². The van der Waals surface area contributed by atoms with Crippen LogP contribution in [-0.4, -0.2) is 55.3 Å². The van der Waals surface area contributed by atoms with Gasteiger partial charge in [0.15, 0.2) is 11.5 Å². The number of hydrogen-bond acceptors (Lipinski definition) is 6. The zero-order chi connectivity index (χ0) is 20.9. The van der Waals surface area contributed by atoms with Crippen molar-refractivity contribution in [3.63, 3.8) is 0 Å². The molecule has 9 heteroatoms. The first-order valence-electron chi connectivity index (χ1n) is 9.54. The molecule has 0 spiro atoms. The Kier molecular flexibility index (Phi) is 5.80. The normalized spacial score (nSPS) is 16.9. The van der Waals surface area contributed by atoms with Gasteiger partial charge in [-0.1, -0.05) is 30.3 Å². The summed E-state index contributed by atoms with van der Waals surface area (Å²) in [7, 11) is 0. The number of carbonyl (C=O) groups is 3. The van der Waals surface area contributed by atoms with E-state index in [-0.39, 0.29) is 25.8 Å². The van der Waals surface area contributed by atoms with Gasteiger partial charge in [-0.3, -0.25) is 14.4 Å². The molecule has 9 nitrogen and oxygen atoms in total. The lowest BCUT2D eigenvalue weighted by Gasteiger charge is -2.23. The molecule has 2 aromatic carbocycles. The SMILES string of the molecule is O=C(NCc1ccccc1)C(=O)NC[C@H]1OCCN1C(=O)c1ccc2c(c1)OCO2. The fourth-order valence-electron chi connectivity index (χ4n) is 3.24. The molecule has 2 aromatic rings. The molecule has 0 unspecified atom stereocenters. The number of nitrogens with zero attached hydrogens (tertiary/aromatic N) is 1. The minimum absolute atomic E-state index is 0.00782. The smallest absolute Gasteiger partial charge is 0.309 e. The lowest BCUT2D eigenvalue weighted by atomic mass is 10.1. The van der Waals surface area contributed by atoms with Gasteiger partial charge < -0.3 is 29.7 Å². The number of carbonyl (C=O) groups excluding carboxylic acids is 3. The first kappa shape index (κ1) is 19.7. The van der Waals surface area contributed by atoms with E-state index in [1.807, 2.05) is 30.3 Å². The standard InChI is InChI=1S/C21H21N3O6/c25-19(22-11-14-4-2-1-3-5-14)20(26)23-12-18-24(8-9-28-18)21(27)15-6-7-16-17(10-15)30-13-29-16/h1-7,10,18H,8-9,11-13H2,(H,22,25)(H,23,26)/t18-/m1/s1. The van der Waals surface area contributed by atoms with Gasteiger partial charge in [0.2, 0.25) is 6.79 Å². The van der Waals surface area contributed by atoms with E-state index in [2.05, 4.69) is 10.6 Å². The van der Waals surface area contributed by atoms with Crippen molar-refractivity contribution in [3.8, 4) is 11.5 Å². The highest BCUT2D eigenvalue weighted by atomic mass is 16.7. The van der Waals surface area contributed by atoms with Crippen LogP contribution in [0.25, 0.3) is 0 Å². The number of ether oxygens (including phenoxy) is 3. The quantitative estimate of drug-likeness (QED) is 0.700. The van der Waals surface area contributed by atoms with Crippen LogP contribution >= 0.6 is 0 Å². The molecule has 0 bridgehead atoms. The summed E-state index contributed by atoms with van der Waals surface area (Å²) >= 11 is 0. The van der Waals surface area contributed by atoms with Gasteiger partial charge in [-0.05, 0) is 23.8 Å². The molecule has 0 radical (unpaired) electrons. The Bertz CT molecular complexity index is 949. The zero-order valence-electron chi connectivity index (χ0n) is 16.1. The van der Waals surface area contributed by atoms with Crippen molar-refractivity contribution in [1.29, 1.82) is 0 Å². The largest absolute Gasteiger partial charge is 0.454 e. The first-order chi connectivity index (χ1) is 14.6. The average molecular weight is 411 g/mol. The summed E-state index contributed by atoms with van der Waals surface area (Å²) in [5.74, 6) is -0.670. The lowest BCUT2D eigenvalue weighted by molar-refractivity contribution is -0.139. The minimum atomic E-state index is -0.781. The highest BCUT2D eigenvalue weighted by Crippen LogP contribution is 2.33. The molecular weight excluding hydrogens is 390 g/mol. The van der Waals surface area contributed by atoms with Crippen molar-refractivity contribution in [2.75, 3.05) is 26.5 Å². The Morgan fingerprint density at radius 3 is 2.57 bits per heavy atom. The molecule has 0 aliphatic carbocycles. The Hall–Kier alpha value is -3.59. The maximum absolute atomic E-state index is 12.9. The monoisotopic (exact) mass is 411 g/mol. The van der Waals surface area contributed by atoms with E-state index in [1.165, 1.54) is 4.90 Å². The predicted octanol–water partition coefficient (Wildman–Crippen LogP) is 0.646. The molecule has 0 saturated carbocycles. The van der Waals surface area contributed by atoms with E-state index in [0.717, 1.165) is 5.56 Å². The van der Waals surface area contributed by atoms with E-state index in [1.54, 1.807) is 18.2 Å². The maximum Gasteiger partial charge on any atom is 0.309 e. The summed E-state index contributed by atoms with van der Waals surface area (Å²) < 4.78 is 16.1. The van der Waals surface area contributed by atoms with Gasteiger partial charge in [0.1, 0.15) is 6.23 Å². The number of hydrogen-bond donors (Lipinski definition) is 2. The molecule has 4 rings (SSSR count). The Balaban J connectivity index is 1.30. The van der Waals surface area contributed by atoms with Gasteiger partial charge in [0, 0.05) is 18.7 Å². The van der Waals surface area contributed by atoms with Crippen LogP contribution in [0.4, 0.5) is 0 Å². The molecule has 1 fully saturated rings. The Labute approximate surface area is 172 Å². The molecule has 2 aliphatic heterocycles. The number of rotatable bonds is 5. The van der Waals surface area contributed by atoms with Gasteiger partial charge in [-0.15, -0.1) is 0 Å². The van der Waals surface area contributed by atoms with Crippen LogP contribution < -0.4 is 20.1 Å². The molecule has 1 saturated heterocycles. The average Bonchev–Trinajstić information content (AvgIpc) is 3.44. The second-order valence-corrected chi connectivity index (χ2v) is 6.77. The van der Waals surface area contributed by atoms with Gasteiger partial charge in [0.25, 0.3) is 5.91 Å². The molecule has 156 valence electrons. The summed E-state index contributed by atoms with van der Waals surface area (Å²) in [5, 5.41) is 5.08. The second kappa shape index (κ2) is 8.83. The van der Waals surface area contributed by atoms with Crippen LogP contribution in [0.5, 0.6) is 11.5 Å². The van der Waals surface area contributed by atoms with Crippen LogP contribution in [-0.2, 0) is 20.9 Å². The zero-order valence-corrected chi connectivity index (χ0v) is 16.1. The lowest BCUT2D eigenvalue weighted by Crippen LogP contribution is -2.47. The Morgan fingerprint density at radius 1 is 0.967 bits per heavy atom. The van der Waals surface area contributed by atoms with E-state index in [4.69, 9.17) is 14.2 Å². The van der Waals surface area contributed by atoms with Crippen LogP contribution in [0.2, 0.25) is 0 Å². The highest BCUT2D eigenvalue weighted by Gasteiger charge is 2.32. The summed E-state index contributed by atoms with van der Waals surface area (Å²) in [5.41, 5.74) is 1.32. The Morgan fingerprint density at radius 2 is 1.73 bits per heavy atom. The molecule has 3 amide bonds. The minimum Gasteiger partial charge on any atom is -0.454 e. The number of fused-ring (bicyclic) bond motifs is 1. The van der Waals surface area contributed by atoms with Crippen LogP contribution in [0.15, 0.2) is 48.5 Å². The van der Waals surface area contributed by atoms with Gasteiger partial charge >= 0.3 is 11.8 Å². The molecule has 2 heterocycles. The van der Waals surface area contributed by atoms with E-state index in [0.29, 0.717) is 30.2 Å². The van der Waals surface area contributed by atoms with Crippen molar-refractivity contribution in [1.82, 2.24) is 15.5 Å². The van der Waals surface area contributed by atoms with E-state index < -0.39 is 18.0 Å². The predicted molar refractivity (Wildman–Crippen MR) is 105 cm³/mol. The van der Waals surface area contributed by atoms with Gasteiger partial charge in [-0.2, -0.15) is 0 Å². The third-order valence-electron chi connectivity index (χ3n) is 4.81. The van der Waals surface area contributed by atoms with Crippen LogP contribution in [0.1, 0.15) is 15.9 Å². The van der Waals surface area contributed by atoms with E-state index >= 15 is 0 Å². The number of benzene rings is 2. The van der Waals surface area contributed by atoms with Crippen molar-refractivity contribution in [3.05, 3.63) is 59.7 Å². The molecule has 30 heavy (non-hydrogen) atoms. The summed E-state index contributed by atoms with van der Waals surface area (Å²) in [6.45, 7) is 1.11. The summed E-state index contributed by atoms with van der Waals surface area (Å²) in [6, 6.07) is 14.2. The molecule has 1 atom stereocenters. The first-order valence-corrected chi connectivity index (χ1v) is 9.54. The maximum atomic E-state index is 12.9. The number of amides is 3. The molecular formula is C21H21N3O6. The van der Waals surface area contributed by atoms with Crippen molar-refractivity contribution in [2.45, 2.75) is 12.8 Å². The molecule has 2 aliphatic rings. The van der Waals surface area contributed by atoms with Crippen LogP contribution in [0, 0.1) is 0 Å². The summed E-state index contributed by atoms with van der Waals surface area (Å²) in [4.78, 5) is 38.4. The summed E-state index contributed by atoms with van der Waals surface area (Å²) in [6.07, 6.45) is -0.659. The van der Waals surface area contributed by atoms with Crippen molar-refractivity contribution < 1.29 is 28.6 Å². The highest BCUT2D eigenvalue weighted by molar-refractivity contribution is 6.35. The fraction of sp³-hybridized carbons (Fsp3) is 0.286. The third kappa shape index (κ3) is 4.36. The van der Waals surface area contributed by atoms with Gasteiger partial charge in [-0.25, -0.2) is 0 Å². The van der Waals surface area contributed by atoms with Crippen molar-refractivity contribution >= 4 is 17.7 Å². The molecule has 2 N–H and O–H groups in total. The van der Waals surface area contributed by atoms with Crippen LogP contribution in [0.3, 0.4) is 0 Å². The second-order valence-electron chi connectivity index (χ2n) is 6.77. The topological polar surface area (TPSA) is 106 Å². The van der Waals surface area contributed by atoms with E-state index in [9.17, 15) is 14.4 Å². The molecule has 0 aromatic heterocycles. The van der Waals surface area contributed by atoms with Crippen molar-refractivity contribution in [2.24, 2.45) is 0 Å². The third-order valence-corrected chi connectivity index (χ3v) is 4.81. The number of nitrogens with one attached hydrogen (secondary N) is 2.